The molecule has 3 rings (SSSR count). The first-order valence-electron chi connectivity index (χ1n) is 9.90. The molecule has 2 aromatic rings. The van der Waals surface area contributed by atoms with Crippen LogP contribution in [0.5, 0.6) is 0 Å². The minimum atomic E-state index is 0.0668. The lowest BCUT2D eigenvalue weighted by Crippen LogP contribution is -2.51. The average molecular weight is 370 g/mol. The molecule has 1 atom stereocenters. The first kappa shape index (κ1) is 19.8. The van der Waals surface area contributed by atoms with Gasteiger partial charge in [-0.15, -0.1) is 0 Å². The highest BCUT2D eigenvalue weighted by Gasteiger charge is 2.24. The Morgan fingerprint density at radius 1 is 1.22 bits per heavy atom. The Hall–Kier alpha value is -1.98. The van der Waals surface area contributed by atoms with Gasteiger partial charge in [0.25, 0.3) is 0 Å². The Morgan fingerprint density at radius 2 is 1.93 bits per heavy atom. The number of hydrogen-bond acceptors (Lipinski definition) is 4. The fourth-order valence-corrected chi connectivity index (χ4v) is 3.97. The maximum Gasteiger partial charge on any atom is 0.224 e. The van der Waals surface area contributed by atoms with Crippen LogP contribution in [-0.2, 0) is 16.0 Å². The first-order chi connectivity index (χ1) is 13.0. The SMILES string of the molecule is Cc1nc2ccccc2c(C)c1CC(=O)NCC(C(C)C)N1CCOCC1. The first-order valence-corrected chi connectivity index (χ1v) is 9.90. The van der Waals surface area contributed by atoms with Crippen molar-refractivity contribution in [3.05, 3.63) is 41.1 Å². The number of carbonyl (C=O) groups is 1. The molecule has 0 spiro atoms. The highest BCUT2D eigenvalue weighted by atomic mass is 16.5. The van der Waals surface area contributed by atoms with E-state index in [1.54, 1.807) is 0 Å². The normalized spacial score (nSPS) is 16.6. The number of rotatable bonds is 6. The largest absolute Gasteiger partial charge is 0.379 e. The van der Waals surface area contributed by atoms with Crippen molar-refractivity contribution in [1.82, 2.24) is 15.2 Å². The van der Waals surface area contributed by atoms with Crippen molar-refractivity contribution in [3.8, 4) is 0 Å². The number of fused-ring (bicyclic) bond motifs is 1. The molecule has 1 aliphatic rings. The van der Waals surface area contributed by atoms with Gasteiger partial charge < -0.3 is 10.1 Å². The highest BCUT2D eigenvalue weighted by Crippen LogP contribution is 2.23. The van der Waals surface area contributed by atoms with E-state index in [1.807, 2.05) is 25.1 Å². The van der Waals surface area contributed by atoms with E-state index in [0.29, 0.717) is 24.9 Å². The average Bonchev–Trinajstić information content (AvgIpc) is 2.66. The van der Waals surface area contributed by atoms with E-state index in [1.165, 1.54) is 0 Å². The lowest BCUT2D eigenvalue weighted by molar-refractivity contribution is -0.120. The Kier molecular flexibility index (Phi) is 6.45. The molecule has 27 heavy (non-hydrogen) atoms. The zero-order valence-electron chi connectivity index (χ0n) is 16.9. The maximum atomic E-state index is 12.7. The van der Waals surface area contributed by atoms with Crippen LogP contribution in [0, 0.1) is 19.8 Å². The summed E-state index contributed by atoms with van der Waals surface area (Å²) in [4.78, 5) is 19.8. The van der Waals surface area contributed by atoms with Crippen molar-refractivity contribution < 1.29 is 9.53 Å². The van der Waals surface area contributed by atoms with Crippen molar-refractivity contribution in [1.29, 1.82) is 0 Å². The molecular formula is C22H31N3O2. The lowest BCUT2D eigenvalue weighted by Gasteiger charge is -2.37. The highest BCUT2D eigenvalue weighted by molar-refractivity contribution is 5.86. The van der Waals surface area contributed by atoms with Crippen LogP contribution in [-0.4, -0.2) is 54.7 Å². The third-order valence-electron chi connectivity index (χ3n) is 5.62. The quantitative estimate of drug-likeness (QED) is 0.851. The van der Waals surface area contributed by atoms with E-state index in [2.05, 4.69) is 42.0 Å². The van der Waals surface area contributed by atoms with Gasteiger partial charge in [0.2, 0.25) is 5.91 Å². The smallest absolute Gasteiger partial charge is 0.224 e. The van der Waals surface area contributed by atoms with Crippen LogP contribution in [0.4, 0.5) is 0 Å². The van der Waals surface area contributed by atoms with Crippen LogP contribution in [0.15, 0.2) is 24.3 Å². The van der Waals surface area contributed by atoms with Crippen molar-refractivity contribution in [2.45, 2.75) is 40.2 Å². The lowest BCUT2D eigenvalue weighted by atomic mass is 9.98. The summed E-state index contributed by atoms with van der Waals surface area (Å²) in [6.07, 6.45) is 0.378. The fraction of sp³-hybridized carbons (Fsp3) is 0.545. The molecule has 5 nitrogen and oxygen atoms in total. The molecule has 2 heterocycles. The molecule has 1 unspecified atom stereocenters. The molecule has 1 amide bonds. The van der Waals surface area contributed by atoms with Gasteiger partial charge in [-0.1, -0.05) is 32.0 Å². The number of hydrogen-bond donors (Lipinski definition) is 1. The third-order valence-corrected chi connectivity index (χ3v) is 5.62. The summed E-state index contributed by atoms with van der Waals surface area (Å²) in [7, 11) is 0. The van der Waals surface area contributed by atoms with E-state index in [-0.39, 0.29) is 5.91 Å². The van der Waals surface area contributed by atoms with Gasteiger partial charge in [-0.25, -0.2) is 0 Å². The molecule has 1 fully saturated rings. The number of benzene rings is 1. The van der Waals surface area contributed by atoms with Crippen LogP contribution in [0.3, 0.4) is 0 Å². The van der Waals surface area contributed by atoms with E-state index >= 15 is 0 Å². The number of aromatic nitrogens is 1. The number of amides is 1. The summed E-state index contributed by atoms with van der Waals surface area (Å²) < 4.78 is 5.46. The van der Waals surface area contributed by atoms with Crippen LogP contribution in [0.1, 0.15) is 30.7 Å². The molecule has 146 valence electrons. The van der Waals surface area contributed by atoms with E-state index in [9.17, 15) is 4.79 Å². The van der Waals surface area contributed by atoms with Gasteiger partial charge in [0.05, 0.1) is 25.2 Å². The molecule has 1 N–H and O–H groups in total. The predicted molar refractivity (Wildman–Crippen MR) is 109 cm³/mol. The molecule has 1 aromatic carbocycles. The Labute approximate surface area is 162 Å². The second-order valence-corrected chi connectivity index (χ2v) is 7.76. The van der Waals surface area contributed by atoms with E-state index in [0.717, 1.165) is 54.0 Å². The number of ether oxygens (including phenoxy) is 1. The molecular weight excluding hydrogens is 338 g/mol. The van der Waals surface area contributed by atoms with Crippen molar-refractivity contribution >= 4 is 16.8 Å². The molecule has 0 radical (unpaired) electrons. The van der Waals surface area contributed by atoms with Crippen LogP contribution in [0.2, 0.25) is 0 Å². The van der Waals surface area contributed by atoms with Crippen molar-refractivity contribution in [2.75, 3.05) is 32.8 Å². The van der Waals surface area contributed by atoms with Crippen LogP contribution in [0.25, 0.3) is 10.9 Å². The van der Waals surface area contributed by atoms with Gasteiger partial charge in [0, 0.05) is 36.8 Å². The minimum Gasteiger partial charge on any atom is -0.379 e. The summed E-state index contributed by atoms with van der Waals surface area (Å²) in [5.74, 6) is 0.548. The third kappa shape index (κ3) is 4.66. The van der Waals surface area contributed by atoms with E-state index < -0.39 is 0 Å². The summed E-state index contributed by atoms with van der Waals surface area (Å²) in [6.45, 7) is 12.6. The Bertz CT molecular complexity index is 797. The molecule has 1 aliphatic heterocycles. The number of aryl methyl sites for hydroxylation is 2. The van der Waals surface area contributed by atoms with Gasteiger partial charge in [-0.3, -0.25) is 14.7 Å². The van der Waals surface area contributed by atoms with E-state index in [4.69, 9.17) is 4.74 Å². The van der Waals surface area contributed by atoms with Gasteiger partial charge in [-0.05, 0) is 37.0 Å². The zero-order valence-corrected chi connectivity index (χ0v) is 16.9. The summed E-state index contributed by atoms with van der Waals surface area (Å²) in [5, 5.41) is 4.29. The molecule has 1 aromatic heterocycles. The number of morpholine rings is 1. The zero-order chi connectivity index (χ0) is 19.4. The molecule has 5 heteroatoms. The predicted octanol–water partition coefficient (Wildman–Crippen LogP) is 2.87. The summed E-state index contributed by atoms with van der Waals surface area (Å²) in [5.41, 5.74) is 4.12. The summed E-state index contributed by atoms with van der Waals surface area (Å²) >= 11 is 0. The molecule has 0 aliphatic carbocycles. The number of pyridine rings is 1. The Balaban J connectivity index is 1.67. The van der Waals surface area contributed by atoms with Gasteiger partial charge in [0.1, 0.15) is 0 Å². The van der Waals surface area contributed by atoms with Gasteiger partial charge >= 0.3 is 0 Å². The standard InChI is InChI=1S/C22H31N3O2/c1-15(2)21(25-9-11-27-12-10-25)14-23-22(26)13-19-16(3)18-7-5-6-8-20(18)24-17(19)4/h5-8,15,21H,9-14H2,1-4H3,(H,23,26). The second kappa shape index (κ2) is 8.81. The van der Waals surface area contributed by atoms with Crippen molar-refractivity contribution in [3.63, 3.8) is 0 Å². The number of carbonyl (C=O) groups excluding carboxylic acids is 1. The monoisotopic (exact) mass is 369 g/mol. The van der Waals surface area contributed by atoms with Gasteiger partial charge in [0.15, 0.2) is 0 Å². The maximum absolute atomic E-state index is 12.7. The second-order valence-electron chi connectivity index (χ2n) is 7.76. The molecule has 0 saturated carbocycles. The fourth-order valence-electron chi connectivity index (χ4n) is 3.97. The van der Waals surface area contributed by atoms with Crippen LogP contribution >= 0.6 is 0 Å². The van der Waals surface area contributed by atoms with Crippen molar-refractivity contribution in [2.24, 2.45) is 5.92 Å². The topological polar surface area (TPSA) is 54.5 Å². The number of nitrogens with one attached hydrogen (secondary N) is 1. The number of para-hydroxylation sites is 1. The molecule has 0 bridgehead atoms. The van der Waals surface area contributed by atoms with Crippen LogP contribution < -0.4 is 5.32 Å². The number of nitrogens with zero attached hydrogens (tertiary/aromatic N) is 2. The Morgan fingerprint density at radius 3 is 2.63 bits per heavy atom. The summed E-state index contributed by atoms with van der Waals surface area (Å²) in [6, 6.07) is 8.46. The molecule has 1 saturated heterocycles. The van der Waals surface area contributed by atoms with Gasteiger partial charge in [-0.2, -0.15) is 0 Å². The minimum absolute atomic E-state index is 0.0668.